The monoisotopic (exact) mass is 394 g/mol. The molecule has 1 aromatic heterocycles. The molecule has 1 heterocycles. The van der Waals surface area contributed by atoms with Crippen LogP contribution in [0.1, 0.15) is 5.56 Å². The van der Waals surface area contributed by atoms with E-state index in [1.165, 1.54) is 0 Å². The third kappa shape index (κ3) is 5.22. The van der Waals surface area contributed by atoms with Gasteiger partial charge in [-0.25, -0.2) is 0 Å². The minimum atomic E-state index is -0.369. The van der Waals surface area contributed by atoms with Gasteiger partial charge >= 0.3 is 5.97 Å². The lowest BCUT2D eigenvalue weighted by atomic mass is 10.2. The highest BCUT2D eigenvalue weighted by atomic mass is 35.5. The molecule has 0 aliphatic heterocycles. The SMILES string of the molecule is O=C(CSc1nnc(-c2ccc(Cl)cc2)o1)OCc1ccc(Cl)cc1. The van der Waals surface area contributed by atoms with Crippen LogP contribution >= 0.6 is 35.0 Å². The Morgan fingerprint density at radius 2 is 1.64 bits per heavy atom. The van der Waals surface area contributed by atoms with E-state index in [1.807, 2.05) is 0 Å². The van der Waals surface area contributed by atoms with Crippen molar-refractivity contribution >= 4 is 40.9 Å². The van der Waals surface area contributed by atoms with Crippen molar-refractivity contribution < 1.29 is 13.9 Å². The lowest BCUT2D eigenvalue weighted by molar-refractivity contribution is -0.141. The third-order valence-corrected chi connectivity index (χ3v) is 4.42. The van der Waals surface area contributed by atoms with Crippen molar-refractivity contribution in [3.05, 3.63) is 64.1 Å². The van der Waals surface area contributed by atoms with Crippen LogP contribution in [0.2, 0.25) is 10.0 Å². The molecule has 0 atom stereocenters. The summed E-state index contributed by atoms with van der Waals surface area (Å²) in [6, 6.07) is 14.1. The molecule has 0 radical (unpaired) electrons. The van der Waals surface area contributed by atoms with E-state index >= 15 is 0 Å². The first-order valence-corrected chi connectivity index (χ1v) is 8.96. The molecule has 0 bridgehead atoms. The summed E-state index contributed by atoms with van der Waals surface area (Å²) in [5.74, 6) is 0.0791. The number of carbonyl (C=O) groups is 1. The van der Waals surface area contributed by atoms with Gasteiger partial charge in [-0.3, -0.25) is 4.79 Å². The first kappa shape index (κ1) is 17.8. The van der Waals surface area contributed by atoms with Crippen molar-refractivity contribution in [1.82, 2.24) is 10.2 Å². The summed E-state index contributed by atoms with van der Waals surface area (Å²) >= 11 is 12.8. The van der Waals surface area contributed by atoms with Gasteiger partial charge in [0.1, 0.15) is 12.4 Å². The molecule has 0 spiro atoms. The van der Waals surface area contributed by atoms with Crippen LogP contribution in [0.3, 0.4) is 0 Å². The van der Waals surface area contributed by atoms with Gasteiger partial charge in [-0.05, 0) is 42.0 Å². The van der Waals surface area contributed by atoms with Crippen LogP contribution < -0.4 is 0 Å². The van der Waals surface area contributed by atoms with Crippen molar-refractivity contribution in [3.63, 3.8) is 0 Å². The summed E-state index contributed by atoms with van der Waals surface area (Å²) < 4.78 is 10.7. The standard InChI is InChI=1S/C17H12Cl2N2O3S/c18-13-5-1-11(2-6-13)9-23-15(22)10-25-17-21-20-16(24-17)12-3-7-14(19)8-4-12/h1-8H,9-10H2. The molecule has 0 saturated carbocycles. The summed E-state index contributed by atoms with van der Waals surface area (Å²) in [5.41, 5.74) is 1.62. The number of hydrogen-bond donors (Lipinski definition) is 0. The molecule has 3 rings (SSSR count). The quantitative estimate of drug-likeness (QED) is 0.438. The summed E-state index contributed by atoms with van der Waals surface area (Å²) in [4.78, 5) is 11.8. The van der Waals surface area contributed by atoms with E-state index in [0.717, 1.165) is 22.9 Å². The number of rotatable bonds is 6. The van der Waals surface area contributed by atoms with Crippen molar-refractivity contribution in [3.8, 4) is 11.5 Å². The minimum Gasteiger partial charge on any atom is -0.460 e. The van der Waals surface area contributed by atoms with Crippen molar-refractivity contribution in [1.29, 1.82) is 0 Å². The summed E-state index contributed by atoms with van der Waals surface area (Å²) in [6.45, 7) is 0.191. The number of nitrogens with zero attached hydrogens (tertiary/aromatic N) is 2. The summed E-state index contributed by atoms with van der Waals surface area (Å²) in [6.07, 6.45) is 0. The van der Waals surface area contributed by atoms with Gasteiger partial charge in [-0.2, -0.15) is 0 Å². The Hall–Kier alpha value is -2.02. The number of benzene rings is 2. The highest BCUT2D eigenvalue weighted by molar-refractivity contribution is 7.99. The molecule has 0 aliphatic rings. The first-order valence-electron chi connectivity index (χ1n) is 7.22. The predicted molar refractivity (Wildman–Crippen MR) is 96.7 cm³/mol. The Labute approximate surface area is 158 Å². The molecule has 0 amide bonds. The second-order valence-electron chi connectivity index (χ2n) is 4.96. The molecule has 0 saturated heterocycles. The van der Waals surface area contributed by atoms with Crippen molar-refractivity contribution in [2.75, 3.05) is 5.75 Å². The zero-order valence-electron chi connectivity index (χ0n) is 12.8. The molecule has 0 unspecified atom stereocenters. The van der Waals surface area contributed by atoms with E-state index in [-0.39, 0.29) is 18.3 Å². The van der Waals surface area contributed by atoms with Crippen LogP contribution in [0.5, 0.6) is 0 Å². The Balaban J connectivity index is 1.49. The van der Waals surface area contributed by atoms with E-state index < -0.39 is 0 Å². The summed E-state index contributed by atoms with van der Waals surface area (Å²) in [7, 11) is 0. The van der Waals surface area contributed by atoms with Crippen LogP contribution in [-0.2, 0) is 16.1 Å². The lowest BCUT2D eigenvalue weighted by Crippen LogP contribution is -2.07. The maximum atomic E-state index is 11.8. The zero-order chi connectivity index (χ0) is 17.6. The highest BCUT2D eigenvalue weighted by Crippen LogP contribution is 2.24. The number of thioether (sulfide) groups is 1. The molecule has 128 valence electrons. The number of ether oxygens (including phenoxy) is 1. The van der Waals surface area contributed by atoms with Crippen LogP contribution in [0.25, 0.3) is 11.5 Å². The molecule has 5 nitrogen and oxygen atoms in total. The number of aromatic nitrogens is 2. The smallest absolute Gasteiger partial charge is 0.316 e. The van der Waals surface area contributed by atoms with Gasteiger partial charge in [0.05, 0.1) is 0 Å². The lowest BCUT2D eigenvalue weighted by Gasteiger charge is -2.03. The highest BCUT2D eigenvalue weighted by Gasteiger charge is 2.12. The third-order valence-electron chi connectivity index (χ3n) is 3.12. The molecule has 0 aliphatic carbocycles. The van der Waals surface area contributed by atoms with Gasteiger partial charge in [-0.1, -0.05) is 47.1 Å². The maximum absolute atomic E-state index is 11.8. The largest absolute Gasteiger partial charge is 0.460 e. The molecule has 25 heavy (non-hydrogen) atoms. The second-order valence-corrected chi connectivity index (χ2v) is 6.76. The average molecular weight is 395 g/mol. The van der Waals surface area contributed by atoms with E-state index in [0.29, 0.717) is 21.2 Å². The first-order chi connectivity index (χ1) is 12.1. The van der Waals surface area contributed by atoms with Gasteiger partial charge in [0.25, 0.3) is 5.22 Å². The maximum Gasteiger partial charge on any atom is 0.316 e. The Bertz CT molecular complexity index is 851. The minimum absolute atomic E-state index is 0.0792. The van der Waals surface area contributed by atoms with Crippen LogP contribution in [0.15, 0.2) is 58.2 Å². The second kappa shape index (κ2) is 8.38. The molecule has 0 N–H and O–H groups in total. The Morgan fingerprint density at radius 1 is 1.00 bits per heavy atom. The molecule has 3 aromatic rings. The van der Waals surface area contributed by atoms with E-state index in [9.17, 15) is 4.79 Å². The fraction of sp³-hybridized carbons (Fsp3) is 0.118. The van der Waals surface area contributed by atoms with E-state index in [2.05, 4.69) is 10.2 Å². The van der Waals surface area contributed by atoms with Crippen molar-refractivity contribution in [2.24, 2.45) is 0 Å². The van der Waals surface area contributed by atoms with Crippen molar-refractivity contribution in [2.45, 2.75) is 11.8 Å². The van der Waals surface area contributed by atoms with E-state index in [1.54, 1.807) is 48.5 Å². The van der Waals surface area contributed by atoms with Gasteiger partial charge in [0, 0.05) is 15.6 Å². The van der Waals surface area contributed by atoms with Crippen LogP contribution in [-0.4, -0.2) is 21.9 Å². The number of carbonyl (C=O) groups excluding carboxylic acids is 1. The fourth-order valence-electron chi connectivity index (χ4n) is 1.88. The topological polar surface area (TPSA) is 65.2 Å². The molecule has 0 fully saturated rings. The average Bonchev–Trinajstić information content (AvgIpc) is 3.09. The molecular weight excluding hydrogens is 383 g/mol. The molecule has 8 heteroatoms. The Kier molecular flexibility index (Phi) is 5.96. The van der Waals surface area contributed by atoms with Gasteiger partial charge < -0.3 is 9.15 Å². The Morgan fingerprint density at radius 3 is 2.32 bits per heavy atom. The van der Waals surface area contributed by atoms with Gasteiger partial charge in [0.15, 0.2) is 0 Å². The zero-order valence-corrected chi connectivity index (χ0v) is 15.1. The number of halogens is 2. The molecule has 2 aromatic carbocycles. The predicted octanol–water partition coefficient (Wildman–Crippen LogP) is 4.88. The van der Waals surface area contributed by atoms with Gasteiger partial charge in [-0.15, -0.1) is 10.2 Å². The van der Waals surface area contributed by atoms with Crippen LogP contribution in [0.4, 0.5) is 0 Å². The molecular formula is C17H12Cl2N2O3S. The fourth-order valence-corrected chi connectivity index (χ4v) is 2.70. The van der Waals surface area contributed by atoms with E-state index in [4.69, 9.17) is 32.4 Å². The normalized spacial score (nSPS) is 10.6. The van der Waals surface area contributed by atoms with Crippen LogP contribution in [0, 0.1) is 0 Å². The number of esters is 1. The number of hydrogen-bond acceptors (Lipinski definition) is 6. The summed E-state index contributed by atoms with van der Waals surface area (Å²) in [5, 5.41) is 9.42. The van der Waals surface area contributed by atoms with Gasteiger partial charge in [0.2, 0.25) is 5.89 Å².